The molecule has 162 valence electrons. The van der Waals surface area contributed by atoms with Crippen molar-refractivity contribution in [2.75, 3.05) is 5.32 Å². The predicted octanol–water partition coefficient (Wildman–Crippen LogP) is 5.00. The first-order valence-electron chi connectivity index (χ1n) is 10.4. The van der Waals surface area contributed by atoms with Gasteiger partial charge in [-0.1, -0.05) is 36.4 Å². The number of carbonyl (C=O) groups is 1. The van der Waals surface area contributed by atoms with E-state index in [4.69, 9.17) is 0 Å². The molecule has 0 amide bonds. The summed E-state index contributed by atoms with van der Waals surface area (Å²) in [6, 6.07) is 19.4. The molecule has 0 fully saturated rings. The molecule has 2 heterocycles. The van der Waals surface area contributed by atoms with Crippen LogP contribution in [-0.2, 0) is 21.2 Å². The molecule has 0 saturated heterocycles. The zero-order valence-electron chi connectivity index (χ0n) is 17.4. The monoisotopic (exact) mass is 448 g/mol. The topological polar surface area (TPSA) is 68.2 Å². The number of rotatable bonds is 3. The smallest absolute Gasteiger partial charge is 0.268 e. The summed E-state index contributed by atoms with van der Waals surface area (Å²) in [5, 5.41) is 4.18. The number of aromatic nitrogens is 1. The van der Waals surface area contributed by atoms with E-state index in [-0.39, 0.29) is 16.7 Å². The maximum atomic E-state index is 13.7. The SMILES string of the molecule is C[C@@H]1CC(=O)Cc2cccc(-c3cc4ccccc4n3S(=O)(=O)c3ccc(F)cc3)c2N1. The molecule has 0 saturated carbocycles. The molecule has 4 aromatic rings. The second-order valence-electron chi connectivity index (χ2n) is 8.12. The number of nitrogens with zero attached hydrogens (tertiary/aromatic N) is 1. The summed E-state index contributed by atoms with van der Waals surface area (Å²) < 4.78 is 42.2. The molecule has 1 aliphatic rings. The minimum Gasteiger partial charge on any atom is -0.381 e. The highest BCUT2D eigenvalue weighted by Gasteiger charge is 2.27. The molecule has 32 heavy (non-hydrogen) atoms. The largest absolute Gasteiger partial charge is 0.381 e. The zero-order chi connectivity index (χ0) is 22.5. The number of ketones is 1. The van der Waals surface area contributed by atoms with Gasteiger partial charge in [-0.2, -0.15) is 0 Å². The Morgan fingerprint density at radius 3 is 2.53 bits per heavy atom. The van der Waals surface area contributed by atoms with Crippen molar-refractivity contribution < 1.29 is 17.6 Å². The van der Waals surface area contributed by atoms with Crippen molar-refractivity contribution in [3.63, 3.8) is 0 Å². The Morgan fingerprint density at radius 2 is 1.75 bits per heavy atom. The molecule has 1 atom stereocenters. The lowest BCUT2D eigenvalue weighted by atomic mass is 10.0. The van der Waals surface area contributed by atoms with E-state index in [2.05, 4.69) is 5.32 Å². The Balaban J connectivity index is 1.80. The van der Waals surface area contributed by atoms with Crippen LogP contribution in [0.15, 0.2) is 77.7 Å². The van der Waals surface area contributed by atoms with Gasteiger partial charge in [-0.05, 0) is 48.9 Å². The first-order valence-corrected chi connectivity index (χ1v) is 11.8. The summed E-state index contributed by atoms with van der Waals surface area (Å²) >= 11 is 0. The molecule has 0 spiro atoms. The molecule has 5 nitrogen and oxygen atoms in total. The number of anilines is 1. The second kappa shape index (κ2) is 7.60. The maximum Gasteiger partial charge on any atom is 0.268 e. The van der Waals surface area contributed by atoms with E-state index in [9.17, 15) is 17.6 Å². The maximum absolute atomic E-state index is 13.7. The predicted molar refractivity (Wildman–Crippen MR) is 123 cm³/mol. The lowest BCUT2D eigenvalue weighted by Gasteiger charge is -2.19. The van der Waals surface area contributed by atoms with Gasteiger partial charge in [0, 0.05) is 35.5 Å². The number of fused-ring (bicyclic) bond motifs is 2. The van der Waals surface area contributed by atoms with Crippen LogP contribution in [-0.4, -0.2) is 24.2 Å². The van der Waals surface area contributed by atoms with E-state index < -0.39 is 15.8 Å². The summed E-state index contributed by atoms with van der Waals surface area (Å²) in [7, 11) is -4.02. The molecule has 0 unspecified atom stereocenters. The first kappa shape index (κ1) is 20.5. The van der Waals surface area contributed by atoms with Gasteiger partial charge in [-0.15, -0.1) is 0 Å². The Hall–Kier alpha value is -3.45. The van der Waals surface area contributed by atoms with Crippen LogP contribution in [0.3, 0.4) is 0 Å². The van der Waals surface area contributed by atoms with Crippen LogP contribution in [0.5, 0.6) is 0 Å². The summed E-state index contributed by atoms with van der Waals surface area (Å²) in [6.07, 6.45) is 0.705. The molecule has 0 aliphatic carbocycles. The fraction of sp³-hybridized carbons (Fsp3) is 0.160. The van der Waals surface area contributed by atoms with Crippen LogP contribution in [0.2, 0.25) is 0 Å². The van der Waals surface area contributed by atoms with Crippen LogP contribution in [0.25, 0.3) is 22.2 Å². The number of nitrogens with one attached hydrogen (secondary N) is 1. The van der Waals surface area contributed by atoms with Crippen LogP contribution in [0.4, 0.5) is 10.1 Å². The van der Waals surface area contributed by atoms with Crippen molar-refractivity contribution in [1.29, 1.82) is 0 Å². The summed E-state index contributed by atoms with van der Waals surface area (Å²) in [6.45, 7) is 1.94. The molecular formula is C25H21FN2O3S. The van der Waals surface area contributed by atoms with Crippen molar-refractivity contribution in [2.24, 2.45) is 0 Å². The van der Waals surface area contributed by atoms with E-state index in [0.29, 0.717) is 29.6 Å². The Morgan fingerprint density at radius 1 is 1.00 bits per heavy atom. The highest BCUT2D eigenvalue weighted by Crippen LogP contribution is 2.39. The van der Waals surface area contributed by atoms with E-state index in [0.717, 1.165) is 28.8 Å². The average molecular weight is 449 g/mol. The number of benzene rings is 3. The highest BCUT2D eigenvalue weighted by atomic mass is 32.2. The summed E-state index contributed by atoms with van der Waals surface area (Å²) in [5.41, 5.74) is 3.33. The van der Waals surface area contributed by atoms with Gasteiger partial charge in [0.05, 0.1) is 16.1 Å². The molecule has 1 aromatic heterocycles. The highest BCUT2D eigenvalue weighted by molar-refractivity contribution is 7.90. The molecule has 0 bridgehead atoms. The lowest BCUT2D eigenvalue weighted by Crippen LogP contribution is -2.18. The van der Waals surface area contributed by atoms with E-state index in [1.807, 2.05) is 43.3 Å². The van der Waals surface area contributed by atoms with Crippen molar-refractivity contribution in [3.8, 4) is 11.3 Å². The average Bonchev–Trinajstić information content (AvgIpc) is 3.07. The third kappa shape index (κ3) is 3.39. The zero-order valence-corrected chi connectivity index (χ0v) is 18.2. The minimum atomic E-state index is -4.02. The molecule has 3 aromatic carbocycles. The number of hydrogen-bond donors (Lipinski definition) is 1. The van der Waals surface area contributed by atoms with Gasteiger partial charge in [0.25, 0.3) is 10.0 Å². The summed E-state index contributed by atoms with van der Waals surface area (Å²) in [5.74, 6) is -0.363. The number of carbonyl (C=O) groups excluding carboxylic acids is 1. The third-order valence-corrected chi connectivity index (χ3v) is 7.50. The van der Waals surface area contributed by atoms with Crippen molar-refractivity contribution in [1.82, 2.24) is 3.97 Å². The molecule has 1 N–H and O–H groups in total. The van der Waals surface area contributed by atoms with Crippen molar-refractivity contribution >= 4 is 32.4 Å². The Labute approximate surface area is 185 Å². The molecular weight excluding hydrogens is 427 g/mol. The minimum absolute atomic E-state index is 0.0000269. The van der Waals surface area contributed by atoms with E-state index in [1.165, 1.54) is 16.1 Å². The molecule has 0 radical (unpaired) electrons. The standard InChI is InChI=1S/C25H21FN2O3S/c1-16-13-20(29)14-18-6-4-7-22(25(18)27-16)24-15-17-5-2-3-8-23(17)28(24)32(30,31)21-11-9-19(26)10-12-21/h2-12,15-16,27H,13-14H2,1H3/t16-/m1/s1. The molecule has 1 aliphatic heterocycles. The van der Waals surface area contributed by atoms with Gasteiger partial charge in [0.15, 0.2) is 0 Å². The van der Waals surface area contributed by atoms with Gasteiger partial charge in [0.2, 0.25) is 0 Å². The number of halogens is 1. The van der Waals surface area contributed by atoms with Gasteiger partial charge >= 0.3 is 0 Å². The fourth-order valence-electron chi connectivity index (χ4n) is 4.34. The van der Waals surface area contributed by atoms with Crippen molar-refractivity contribution in [2.45, 2.75) is 30.7 Å². The van der Waals surface area contributed by atoms with Gasteiger partial charge < -0.3 is 5.32 Å². The van der Waals surface area contributed by atoms with Crippen LogP contribution >= 0.6 is 0 Å². The lowest BCUT2D eigenvalue weighted by molar-refractivity contribution is -0.118. The number of para-hydroxylation sites is 2. The van der Waals surface area contributed by atoms with Gasteiger partial charge in [-0.3, -0.25) is 4.79 Å². The number of Topliss-reactive ketones (excluding diaryl/α,β-unsaturated/α-hetero) is 1. The fourth-order valence-corrected chi connectivity index (χ4v) is 5.87. The molecule has 7 heteroatoms. The van der Waals surface area contributed by atoms with Gasteiger partial charge in [-0.25, -0.2) is 16.8 Å². The van der Waals surface area contributed by atoms with Crippen LogP contribution < -0.4 is 5.32 Å². The molecule has 5 rings (SSSR count). The normalized spacial score (nSPS) is 16.4. The Kier molecular flexibility index (Phi) is 4.86. The summed E-state index contributed by atoms with van der Waals surface area (Å²) in [4.78, 5) is 12.3. The van der Waals surface area contributed by atoms with Crippen molar-refractivity contribution in [3.05, 3.63) is 84.2 Å². The van der Waals surface area contributed by atoms with Gasteiger partial charge in [0.1, 0.15) is 11.6 Å². The number of hydrogen-bond acceptors (Lipinski definition) is 4. The van der Waals surface area contributed by atoms with E-state index >= 15 is 0 Å². The van der Waals surface area contributed by atoms with Crippen LogP contribution in [0, 0.1) is 5.82 Å². The Bertz CT molecular complexity index is 1460. The van der Waals surface area contributed by atoms with Crippen LogP contribution in [0.1, 0.15) is 18.9 Å². The van der Waals surface area contributed by atoms with E-state index in [1.54, 1.807) is 12.1 Å². The first-order chi connectivity index (χ1) is 15.3. The second-order valence-corrected chi connectivity index (χ2v) is 9.90. The quantitative estimate of drug-likeness (QED) is 0.479. The third-order valence-electron chi connectivity index (χ3n) is 5.76.